The van der Waals surface area contributed by atoms with Crippen molar-refractivity contribution >= 4 is 5.57 Å². The summed E-state index contributed by atoms with van der Waals surface area (Å²) in [6, 6.07) is 29.9. The maximum atomic E-state index is 4.32. The Balaban J connectivity index is 1.80. The van der Waals surface area contributed by atoms with E-state index in [1.807, 2.05) is 0 Å². The Bertz CT molecular complexity index is 765. The molecule has 0 aromatic carbocycles. The van der Waals surface area contributed by atoms with Crippen molar-refractivity contribution in [2.45, 2.75) is 0 Å². The molecule has 0 spiro atoms. The molecule has 4 rings (SSSR count). The minimum atomic E-state index is 1.08. The van der Waals surface area contributed by atoms with Gasteiger partial charge in [0, 0.05) is 0 Å². The summed E-state index contributed by atoms with van der Waals surface area (Å²) in [5, 5.41) is 0. The van der Waals surface area contributed by atoms with Crippen LogP contribution in [0.5, 0.6) is 0 Å². The number of rotatable bonds is 2. The lowest BCUT2D eigenvalue weighted by atomic mass is 10.1. The highest BCUT2D eigenvalue weighted by Crippen LogP contribution is 2.35. The molecule has 0 nitrogen and oxygen atoms in total. The summed E-state index contributed by atoms with van der Waals surface area (Å²) in [7, 11) is 0. The first-order chi connectivity index (χ1) is 10.8. The van der Waals surface area contributed by atoms with Gasteiger partial charge in [0.05, 0.1) is 0 Å². The molecule has 0 aromatic heterocycles. The fraction of sp³-hybridized carbons (Fsp3) is 0. The topological polar surface area (TPSA) is 0 Å². The Morgan fingerprint density at radius 3 is 1.14 bits per heavy atom. The zero-order chi connectivity index (χ0) is 14.9. The minimum absolute atomic E-state index is 1.08. The van der Waals surface area contributed by atoms with Gasteiger partial charge in [-0.1, -0.05) is 67.2 Å². The normalized spacial score (nSPS) is 10.9. The lowest BCUT2D eigenvalue weighted by Gasteiger charge is -1.99. The summed E-state index contributed by atoms with van der Waals surface area (Å²) in [6.45, 7) is 4.32. The van der Waals surface area contributed by atoms with Crippen molar-refractivity contribution in [1.82, 2.24) is 0 Å². The predicted molar refractivity (Wildman–Crippen MR) is 94.3 cm³/mol. The second-order valence-electron chi connectivity index (χ2n) is 5.61. The van der Waals surface area contributed by atoms with Gasteiger partial charge in [-0.05, 0) is 63.2 Å². The van der Waals surface area contributed by atoms with Crippen molar-refractivity contribution in [2.24, 2.45) is 0 Å². The minimum Gasteiger partial charge on any atom is -0.0906 e. The fourth-order valence-corrected chi connectivity index (χ4v) is 2.94. The van der Waals surface area contributed by atoms with Gasteiger partial charge >= 0.3 is 0 Å². The van der Waals surface area contributed by atoms with Crippen molar-refractivity contribution in [3.8, 4) is 22.3 Å². The van der Waals surface area contributed by atoms with E-state index in [2.05, 4.69) is 91.5 Å². The highest BCUT2D eigenvalue weighted by molar-refractivity contribution is 5.88. The van der Waals surface area contributed by atoms with Crippen LogP contribution in [-0.2, 0) is 0 Å². The molecule has 22 heavy (non-hydrogen) atoms. The zero-order valence-electron chi connectivity index (χ0n) is 12.3. The van der Waals surface area contributed by atoms with E-state index in [0.717, 1.165) is 5.57 Å². The second kappa shape index (κ2) is 5.16. The van der Waals surface area contributed by atoms with Crippen LogP contribution in [0.1, 0.15) is 11.1 Å². The summed E-state index contributed by atoms with van der Waals surface area (Å²) in [5.74, 6) is 0. The van der Waals surface area contributed by atoms with Gasteiger partial charge in [-0.15, -0.1) is 0 Å². The Kier molecular flexibility index (Phi) is 3.01. The van der Waals surface area contributed by atoms with Gasteiger partial charge in [0.2, 0.25) is 0 Å². The number of hydrogen-bond acceptors (Lipinski definition) is 0. The molecule has 0 atom stereocenters. The highest BCUT2D eigenvalue weighted by atomic mass is 14.2. The van der Waals surface area contributed by atoms with E-state index in [-0.39, 0.29) is 0 Å². The molecule has 0 heteroatoms. The molecule has 0 bridgehead atoms. The molecule has 0 aliphatic heterocycles. The first-order valence-electron chi connectivity index (χ1n) is 7.48. The van der Waals surface area contributed by atoms with Crippen LogP contribution in [0.3, 0.4) is 0 Å². The van der Waals surface area contributed by atoms with Crippen LogP contribution >= 0.6 is 0 Å². The molecule has 0 aromatic rings. The van der Waals surface area contributed by atoms with Gasteiger partial charge in [0.25, 0.3) is 0 Å². The Hall–Kier alpha value is -2.86. The maximum Gasteiger partial charge on any atom is -0.0172 e. The van der Waals surface area contributed by atoms with Crippen LogP contribution in [0.15, 0.2) is 91.5 Å². The lowest BCUT2D eigenvalue weighted by Crippen LogP contribution is -1.78. The average Bonchev–Trinajstić information content (AvgIpc) is 2.97. The summed E-state index contributed by atoms with van der Waals surface area (Å²) in [5.41, 5.74) is 8.49. The standard InChI is InChI=1S/C22H16/c1-16(21-12-17-8-4-2-5-9-18(17)13-21)22-14-19-10-6-3-7-11-20(19)15-22/h2-15H,1H2. The molecule has 0 N–H and O–H groups in total. The van der Waals surface area contributed by atoms with Crippen LogP contribution in [-0.4, -0.2) is 0 Å². The molecule has 0 radical (unpaired) electrons. The molecule has 0 heterocycles. The van der Waals surface area contributed by atoms with E-state index in [1.54, 1.807) is 0 Å². The summed E-state index contributed by atoms with van der Waals surface area (Å²) < 4.78 is 0. The van der Waals surface area contributed by atoms with Gasteiger partial charge in [-0.2, -0.15) is 0 Å². The van der Waals surface area contributed by atoms with Crippen molar-refractivity contribution < 1.29 is 0 Å². The summed E-state index contributed by atoms with van der Waals surface area (Å²) in [6.07, 6.45) is 0. The van der Waals surface area contributed by atoms with Gasteiger partial charge in [0.1, 0.15) is 0 Å². The third kappa shape index (κ3) is 2.19. The van der Waals surface area contributed by atoms with Gasteiger partial charge in [-0.25, -0.2) is 0 Å². The Morgan fingerprint density at radius 1 is 0.500 bits per heavy atom. The van der Waals surface area contributed by atoms with E-state index in [0.29, 0.717) is 0 Å². The molecule has 0 saturated heterocycles. The summed E-state index contributed by atoms with van der Waals surface area (Å²) in [4.78, 5) is 0. The van der Waals surface area contributed by atoms with E-state index in [4.69, 9.17) is 0 Å². The molecular formula is C22H16. The quantitative estimate of drug-likeness (QED) is 0.425. The molecule has 0 saturated carbocycles. The van der Waals surface area contributed by atoms with Crippen LogP contribution in [0, 0.1) is 0 Å². The number of fused-ring (bicyclic) bond motifs is 2. The fourth-order valence-electron chi connectivity index (χ4n) is 2.94. The molecule has 0 unspecified atom stereocenters. The monoisotopic (exact) mass is 280 g/mol. The van der Waals surface area contributed by atoms with Crippen molar-refractivity contribution in [3.05, 3.63) is 103 Å². The van der Waals surface area contributed by atoms with E-state index < -0.39 is 0 Å². The smallest absolute Gasteiger partial charge is 0.0172 e. The second-order valence-corrected chi connectivity index (χ2v) is 5.61. The van der Waals surface area contributed by atoms with Crippen molar-refractivity contribution in [2.75, 3.05) is 0 Å². The average molecular weight is 280 g/mol. The van der Waals surface area contributed by atoms with Crippen molar-refractivity contribution in [1.29, 1.82) is 0 Å². The van der Waals surface area contributed by atoms with Crippen LogP contribution < -0.4 is 0 Å². The SMILES string of the molecule is C=C(c1cc2cccccc-2c1)c1cc2cccccc-2c1. The van der Waals surface area contributed by atoms with E-state index >= 15 is 0 Å². The molecule has 0 amide bonds. The van der Waals surface area contributed by atoms with Crippen LogP contribution in [0.25, 0.3) is 27.8 Å². The first kappa shape index (κ1) is 12.8. The van der Waals surface area contributed by atoms with Crippen LogP contribution in [0.2, 0.25) is 0 Å². The summed E-state index contributed by atoms with van der Waals surface area (Å²) >= 11 is 0. The first-order valence-corrected chi connectivity index (χ1v) is 7.48. The van der Waals surface area contributed by atoms with Gasteiger partial charge < -0.3 is 0 Å². The molecule has 0 fully saturated rings. The lowest BCUT2D eigenvalue weighted by molar-refractivity contribution is 1.69. The molecule has 4 aliphatic carbocycles. The number of hydrogen-bond donors (Lipinski definition) is 0. The van der Waals surface area contributed by atoms with E-state index in [1.165, 1.54) is 33.4 Å². The largest absolute Gasteiger partial charge is 0.0906 e. The zero-order valence-corrected chi connectivity index (χ0v) is 12.3. The van der Waals surface area contributed by atoms with Crippen molar-refractivity contribution in [3.63, 3.8) is 0 Å². The highest BCUT2D eigenvalue weighted by Gasteiger charge is 2.12. The maximum absolute atomic E-state index is 4.32. The molecule has 4 aliphatic rings. The molecule has 104 valence electrons. The molecular weight excluding hydrogens is 264 g/mol. The third-order valence-corrected chi connectivity index (χ3v) is 4.16. The Morgan fingerprint density at radius 2 is 0.818 bits per heavy atom. The van der Waals surface area contributed by atoms with Gasteiger partial charge in [0.15, 0.2) is 0 Å². The van der Waals surface area contributed by atoms with Gasteiger partial charge in [-0.3, -0.25) is 0 Å². The third-order valence-electron chi connectivity index (χ3n) is 4.16. The van der Waals surface area contributed by atoms with E-state index in [9.17, 15) is 0 Å². The predicted octanol–water partition coefficient (Wildman–Crippen LogP) is 5.96. The van der Waals surface area contributed by atoms with Crippen LogP contribution in [0.4, 0.5) is 0 Å². The Labute approximate surface area is 131 Å².